The van der Waals surface area contributed by atoms with Gasteiger partial charge in [-0.1, -0.05) is 36.7 Å². The summed E-state index contributed by atoms with van der Waals surface area (Å²) in [6, 6.07) is 0. The maximum Gasteiger partial charge on any atom is 0.188 e. The summed E-state index contributed by atoms with van der Waals surface area (Å²) in [5.41, 5.74) is 1.04. The lowest BCUT2D eigenvalue weighted by Crippen LogP contribution is -1.92. The molecular formula is C8H11ClN2S. The monoisotopic (exact) mass is 202 g/mol. The number of aryl methyl sites for hydroxylation is 1. The Hall–Kier alpha value is -0.280. The van der Waals surface area contributed by atoms with Crippen molar-refractivity contribution in [2.75, 3.05) is 6.26 Å². The highest BCUT2D eigenvalue weighted by atomic mass is 35.5. The lowest BCUT2D eigenvalue weighted by molar-refractivity contribution is 0.868. The van der Waals surface area contributed by atoms with E-state index in [1.807, 2.05) is 12.5 Å². The molecule has 0 saturated heterocycles. The van der Waals surface area contributed by atoms with Gasteiger partial charge in [0.25, 0.3) is 0 Å². The average molecular weight is 203 g/mol. The van der Waals surface area contributed by atoms with Gasteiger partial charge >= 0.3 is 0 Å². The van der Waals surface area contributed by atoms with E-state index >= 15 is 0 Å². The van der Waals surface area contributed by atoms with Crippen molar-refractivity contribution in [1.29, 1.82) is 0 Å². The first kappa shape index (κ1) is 9.81. The van der Waals surface area contributed by atoms with Gasteiger partial charge in [-0.25, -0.2) is 9.97 Å². The first-order chi connectivity index (χ1) is 5.77. The van der Waals surface area contributed by atoms with Gasteiger partial charge in [0.05, 0.1) is 0 Å². The highest BCUT2D eigenvalue weighted by Crippen LogP contribution is 2.17. The lowest BCUT2D eigenvalue weighted by atomic mass is 10.2. The van der Waals surface area contributed by atoms with E-state index in [4.69, 9.17) is 11.6 Å². The normalized spacial score (nSPS) is 10.2. The van der Waals surface area contributed by atoms with E-state index in [9.17, 15) is 0 Å². The molecule has 1 aromatic heterocycles. The Morgan fingerprint density at radius 2 is 2.33 bits per heavy atom. The third-order valence-corrected chi connectivity index (χ3v) is 2.38. The van der Waals surface area contributed by atoms with Crippen LogP contribution < -0.4 is 0 Å². The number of halogens is 1. The van der Waals surface area contributed by atoms with Crippen LogP contribution in [-0.4, -0.2) is 16.2 Å². The second kappa shape index (κ2) is 4.67. The van der Waals surface area contributed by atoms with Crippen LogP contribution in [0.2, 0.25) is 5.15 Å². The largest absolute Gasteiger partial charge is 0.231 e. The summed E-state index contributed by atoms with van der Waals surface area (Å²) in [6.45, 7) is 2.11. The van der Waals surface area contributed by atoms with E-state index in [1.54, 1.807) is 0 Å². The molecule has 0 N–H and O–H groups in total. The van der Waals surface area contributed by atoms with Gasteiger partial charge in [-0.05, 0) is 12.7 Å². The Kier molecular flexibility index (Phi) is 3.82. The van der Waals surface area contributed by atoms with Crippen LogP contribution in [0, 0.1) is 0 Å². The SMILES string of the molecule is CCCc1cnc(SC)nc1Cl. The molecule has 0 bridgehead atoms. The van der Waals surface area contributed by atoms with E-state index in [-0.39, 0.29) is 0 Å². The van der Waals surface area contributed by atoms with E-state index < -0.39 is 0 Å². The average Bonchev–Trinajstić information content (AvgIpc) is 2.09. The minimum Gasteiger partial charge on any atom is -0.231 e. The molecule has 0 radical (unpaired) electrons. The Labute approximate surface area is 81.8 Å². The maximum absolute atomic E-state index is 5.92. The van der Waals surface area contributed by atoms with E-state index in [0.29, 0.717) is 5.15 Å². The van der Waals surface area contributed by atoms with Crippen LogP contribution in [0.1, 0.15) is 18.9 Å². The van der Waals surface area contributed by atoms with Crippen molar-refractivity contribution in [3.8, 4) is 0 Å². The van der Waals surface area contributed by atoms with Crippen LogP contribution >= 0.6 is 23.4 Å². The summed E-state index contributed by atoms with van der Waals surface area (Å²) < 4.78 is 0. The third kappa shape index (κ3) is 2.35. The number of rotatable bonds is 3. The molecule has 4 heteroatoms. The van der Waals surface area contributed by atoms with Crippen LogP contribution in [0.25, 0.3) is 0 Å². The zero-order valence-corrected chi connectivity index (χ0v) is 8.74. The molecule has 12 heavy (non-hydrogen) atoms. The highest BCUT2D eigenvalue weighted by Gasteiger charge is 2.02. The summed E-state index contributed by atoms with van der Waals surface area (Å²) >= 11 is 7.43. The Morgan fingerprint density at radius 3 is 2.83 bits per heavy atom. The van der Waals surface area contributed by atoms with Gasteiger partial charge in [-0.3, -0.25) is 0 Å². The molecule has 1 heterocycles. The zero-order valence-electron chi connectivity index (χ0n) is 7.17. The Bertz CT molecular complexity index is 265. The van der Waals surface area contributed by atoms with E-state index in [0.717, 1.165) is 23.6 Å². The van der Waals surface area contributed by atoms with Gasteiger partial charge in [-0.15, -0.1) is 0 Å². The minimum atomic E-state index is 0.594. The van der Waals surface area contributed by atoms with Gasteiger partial charge in [-0.2, -0.15) is 0 Å². The summed E-state index contributed by atoms with van der Waals surface area (Å²) in [6.07, 6.45) is 5.77. The van der Waals surface area contributed by atoms with Crippen molar-refractivity contribution < 1.29 is 0 Å². The minimum absolute atomic E-state index is 0.594. The van der Waals surface area contributed by atoms with Gasteiger partial charge in [0.1, 0.15) is 5.15 Å². The number of nitrogens with zero attached hydrogens (tertiary/aromatic N) is 2. The molecule has 0 aliphatic carbocycles. The van der Waals surface area contributed by atoms with Crippen molar-refractivity contribution in [3.63, 3.8) is 0 Å². The van der Waals surface area contributed by atoms with Crippen molar-refractivity contribution in [3.05, 3.63) is 16.9 Å². The maximum atomic E-state index is 5.92. The van der Waals surface area contributed by atoms with Crippen LogP contribution in [0.5, 0.6) is 0 Å². The van der Waals surface area contributed by atoms with Crippen molar-refractivity contribution in [2.24, 2.45) is 0 Å². The molecule has 1 aromatic rings. The standard InChI is InChI=1S/C8H11ClN2S/c1-3-4-6-5-10-8(12-2)11-7(6)9/h5H,3-4H2,1-2H3. The van der Waals surface area contributed by atoms with Crippen LogP contribution in [0.15, 0.2) is 11.4 Å². The first-order valence-corrected chi connectivity index (χ1v) is 5.43. The molecule has 0 aliphatic rings. The molecule has 0 aliphatic heterocycles. The molecule has 0 spiro atoms. The van der Waals surface area contributed by atoms with E-state index in [1.165, 1.54) is 11.8 Å². The molecule has 0 aromatic carbocycles. The van der Waals surface area contributed by atoms with Crippen LogP contribution in [-0.2, 0) is 6.42 Å². The summed E-state index contributed by atoms with van der Waals surface area (Å²) in [5, 5.41) is 1.33. The predicted octanol–water partition coefficient (Wildman–Crippen LogP) is 2.80. The molecule has 2 nitrogen and oxygen atoms in total. The fraction of sp³-hybridized carbons (Fsp3) is 0.500. The van der Waals surface area contributed by atoms with Crippen molar-refractivity contribution in [2.45, 2.75) is 24.9 Å². The second-order valence-corrected chi connectivity index (χ2v) is 3.55. The molecular weight excluding hydrogens is 192 g/mol. The van der Waals surface area contributed by atoms with Gasteiger partial charge in [0.15, 0.2) is 5.16 Å². The van der Waals surface area contributed by atoms with Crippen LogP contribution in [0.4, 0.5) is 0 Å². The zero-order chi connectivity index (χ0) is 8.97. The second-order valence-electron chi connectivity index (χ2n) is 2.42. The van der Waals surface area contributed by atoms with E-state index in [2.05, 4.69) is 16.9 Å². The highest BCUT2D eigenvalue weighted by molar-refractivity contribution is 7.98. The first-order valence-electron chi connectivity index (χ1n) is 3.83. The number of thioether (sulfide) groups is 1. The fourth-order valence-electron chi connectivity index (χ4n) is 0.906. The van der Waals surface area contributed by atoms with Gasteiger partial charge in [0, 0.05) is 11.8 Å². The summed E-state index contributed by atoms with van der Waals surface area (Å²) in [5.74, 6) is 0. The molecule has 0 amide bonds. The van der Waals surface area contributed by atoms with Crippen molar-refractivity contribution in [1.82, 2.24) is 9.97 Å². The third-order valence-electron chi connectivity index (χ3n) is 1.49. The molecule has 0 saturated carbocycles. The molecule has 0 fully saturated rings. The summed E-state index contributed by atoms with van der Waals surface area (Å²) in [7, 11) is 0. The fourth-order valence-corrected chi connectivity index (χ4v) is 1.52. The smallest absolute Gasteiger partial charge is 0.188 e. The number of hydrogen-bond donors (Lipinski definition) is 0. The molecule has 1 rings (SSSR count). The topological polar surface area (TPSA) is 25.8 Å². The number of aromatic nitrogens is 2. The van der Waals surface area contributed by atoms with Crippen LogP contribution in [0.3, 0.4) is 0 Å². The van der Waals surface area contributed by atoms with Crippen molar-refractivity contribution >= 4 is 23.4 Å². The molecule has 0 unspecified atom stereocenters. The number of hydrogen-bond acceptors (Lipinski definition) is 3. The molecule has 0 atom stereocenters. The quantitative estimate of drug-likeness (QED) is 0.428. The Morgan fingerprint density at radius 1 is 1.58 bits per heavy atom. The molecule has 66 valence electrons. The Balaban J connectivity index is 2.87. The summed E-state index contributed by atoms with van der Waals surface area (Å²) in [4.78, 5) is 8.27. The lowest BCUT2D eigenvalue weighted by Gasteiger charge is -2.01. The van der Waals surface area contributed by atoms with Gasteiger partial charge in [0.2, 0.25) is 0 Å². The van der Waals surface area contributed by atoms with Gasteiger partial charge < -0.3 is 0 Å². The predicted molar refractivity (Wildman–Crippen MR) is 52.8 cm³/mol.